The molecule has 1 heterocycles. The summed E-state index contributed by atoms with van der Waals surface area (Å²) in [6.07, 6.45) is 0.760. The second-order valence-corrected chi connectivity index (χ2v) is 6.10. The molecule has 1 aliphatic heterocycles. The average Bonchev–Trinajstić information content (AvgIpc) is 3.07. The van der Waals surface area contributed by atoms with Gasteiger partial charge in [-0.1, -0.05) is 12.1 Å². The van der Waals surface area contributed by atoms with Crippen molar-refractivity contribution in [3.8, 4) is 0 Å². The number of ether oxygens (including phenoxy) is 1. The number of nitro benzene ring substituents is 1. The van der Waals surface area contributed by atoms with E-state index in [1.165, 1.54) is 12.1 Å². The van der Waals surface area contributed by atoms with E-state index in [9.17, 15) is 19.7 Å². The Balaban J connectivity index is 1.68. The molecule has 1 unspecified atom stereocenters. The number of carbonyl (C=O) groups is 2. The molecule has 1 saturated heterocycles. The molecule has 1 atom stereocenters. The fraction of sp³-hybridized carbons (Fsp3) is 0.263. The van der Waals surface area contributed by atoms with Crippen LogP contribution in [0.3, 0.4) is 0 Å². The summed E-state index contributed by atoms with van der Waals surface area (Å²) in [5.41, 5.74) is 1.62. The van der Waals surface area contributed by atoms with Crippen LogP contribution in [-0.4, -0.2) is 23.3 Å². The van der Waals surface area contributed by atoms with Gasteiger partial charge >= 0.3 is 5.97 Å². The number of hydrogen-bond donors (Lipinski definition) is 0. The Kier molecular flexibility index (Phi) is 4.97. The molecule has 7 heteroatoms. The van der Waals surface area contributed by atoms with Crippen LogP contribution in [0, 0.1) is 10.1 Å². The summed E-state index contributed by atoms with van der Waals surface area (Å²) in [5.74, 6) is -0.442. The van der Waals surface area contributed by atoms with Gasteiger partial charge in [0.2, 0.25) is 5.91 Å². The van der Waals surface area contributed by atoms with Crippen molar-refractivity contribution in [1.29, 1.82) is 0 Å². The number of non-ortho nitro benzene ring substituents is 1. The highest BCUT2D eigenvalue weighted by Gasteiger charge is 2.22. The number of amides is 1. The standard InChI is InChI=1S/C19H18N2O5/c1-13(15-4-2-5-17(12-15)21(24)25)26-19(23)14-7-9-16(10-8-14)20-11-3-6-18(20)22/h2,4-5,7-10,12-13H,3,6,11H2,1H3. The minimum atomic E-state index is -0.623. The minimum absolute atomic E-state index is 0.0509. The Hall–Kier alpha value is -3.22. The van der Waals surface area contributed by atoms with E-state index in [0.29, 0.717) is 24.1 Å². The van der Waals surface area contributed by atoms with Crippen molar-refractivity contribution in [3.05, 3.63) is 69.8 Å². The van der Waals surface area contributed by atoms with Gasteiger partial charge in [-0.25, -0.2) is 4.79 Å². The Labute approximate surface area is 150 Å². The van der Waals surface area contributed by atoms with Crippen LogP contribution in [0.15, 0.2) is 48.5 Å². The van der Waals surface area contributed by atoms with Crippen molar-refractivity contribution < 1.29 is 19.2 Å². The lowest BCUT2D eigenvalue weighted by Crippen LogP contribution is -2.23. The van der Waals surface area contributed by atoms with Crippen molar-refractivity contribution in [2.45, 2.75) is 25.9 Å². The van der Waals surface area contributed by atoms with Crippen LogP contribution in [-0.2, 0) is 9.53 Å². The maximum absolute atomic E-state index is 12.3. The summed E-state index contributed by atoms with van der Waals surface area (Å²) in [6, 6.07) is 12.7. The molecule has 7 nitrogen and oxygen atoms in total. The molecule has 0 radical (unpaired) electrons. The van der Waals surface area contributed by atoms with E-state index in [2.05, 4.69) is 0 Å². The van der Waals surface area contributed by atoms with Crippen molar-refractivity contribution >= 4 is 23.3 Å². The lowest BCUT2D eigenvalue weighted by atomic mass is 10.1. The topological polar surface area (TPSA) is 89.8 Å². The van der Waals surface area contributed by atoms with Crippen molar-refractivity contribution in [1.82, 2.24) is 0 Å². The third kappa shape index (κ3) is 3.72. The summed E-state index contributed by atoms with van der Waals surface area (Å²) in [7, 11) is 0. The number of benzene rings is 2. The molecule has 1 amide bonds. The molecule has 1 fully saturated rings. The summed E-state index contributed by atoms with van der Waals surface area (Å²) in [4.78, 5) is 36.1. The first kappa shape index (κ1) is 17.6. The predicted octanol–water partition coefficient (Wildman–Crippen LogP) is 3.64. The number of carbonyl (C=O) groups excluding carboxylic acids is 2. The van der Waals surface area contributed by atoms with E-state index in [4.69, 9.17) is 4.74 Å². The second kappa shape index (κ2) is 7.35. The van der Waals surface area contributed by atoms with Gasteiger partial charge in [0.15, 0.2) is 0 Å². The Bertz CT molecular complexity index is 847. The number of nitro groups is 1. The number of anilines is 1. The Morgan fingerprint density at radius 1 is 1.23 bits per heavy atom. The Morgan fingerprint density at radius 3 is 2.58 bits per heavy atom. The molecule has 3 rings (SSSR count). The maximum atomic E-state index is 12.3. The molecular weight excluding hydrogens is 336 g/mol. The molecule has 0 aliphatic carbocycles. The van der Waals surface area contributed by atoms with Crippen LogP contribution in [0.25, 0.3) is 0 Å². The first-order chi connectivity index (χ1) is 12.5. The smallest absolute Gasteiger partial charge is 0.338 e. The molecule has 0 bridgehead atoms. The van der Waals surface area contributed by atoms with Crippen LogP contribution in [0.5, 0.6) is 0 Å². The van der Waals surface area contributed by atoms with Crippen LogP contribution in [0.2, 0.25) is 0 Å². The largest absolute Gasteiger partial charge is 0.454 e. The quantitative estimate of drug-likeness (QED) is 0.464. The highest BCUT2D eigenvalue weighted by Crippen LogP contribution is 2.25. The number of rotatable bonds is 5. The summed E-state index contributed by atoms with van der Waals surface area (Å²) in [5, 5.41) is 10.9. The third-order valence-electron chi connectivity index (χ3n) is 4.32. The van der Waals surface area contributed by atoms with Crippen LogP contribution < -0.4 is 4.90 Å². The number of nitrogens with zero attached hydrogens (tertiary/aromatic N) is 2. The van der Waals surface area contributed by atoms with Gasteiger partial charge in [0.05, 0.1) is 10.5 Å². The molecule has 1 aliphatic rings. The average molecular weight is 354 g/mol. The zero-order chi connectivity index (χ0) is 18.7. The zero-order valence-corrected chi connectivity index (χ0v) is 14.3. The van der Waals surface area contributed by atoms with E-state index in [1.807, 2.05) is 0 Å². The van der Waals surface area contributed by atoms with E-state index in [1.54, 1.807) is 48.2 Å². The molecule has 0 aromatic heterocycles. The van der Waals surface area contributed by atoms with Gasteiger partial charge in [0.25, 0.3) is 5.69 Å². The zero-order valence-electron chi connectivity index (χ0n) is 14.3. The van der Waals surface area contributed by atoms with E-state index >= 15 is 0 Å². The van der Waals surface area contributed by atoms with E-state index in [0.717, 1.165) is 12.1 Å². The summed E-state index contributed by atoms with van der Waals surface area (Å²) < 4.78 is 5.40. The molecule has 0 spiro atoms. The minimum Gasteiger partial charge on any atom is -0.454 e. The van der Waals surface area contributed by atoms with Gasteiger partial charge in [-0.2, -0.15) is 0 Å². The molecule has 0 saturated carbocycles. The maximum Gasteiger partial charge on any atom is 0.338 e. The fourth-order valence-electron chi connectivity index (χ4n) is 2.89. The van der Waals surface area contributed by atoms with Crippen LogP contribution in [0.4, 0.5) is 11.4 Å². The molecule has 0 N–H and O–H groups in total. The van der Waals surface area contributed by atoms with Gasteiger partial charge in [0, 0.05) is 30.8 Å². The van der Waals surface area contributed by atoms with Gasteiger partial charge in [-0.05, 0) is 43.2 Å². The van der Waals surface area contributed by atoms with Crippen molar-refractivity contribution in [3.63, 3.8) is 0 Å². The lowest BCUT2D eigenvalue weighted by Gasteiger charge is -2.16. The van der Waals surface area contributed by atoms with Gasteiger partial charge < -0.3 is 9.64 Å². The van der Waals surface area contributed by atoms with Crippen molar-refractivity contribution in [2.75, 3.05) is 11.4 Å². The van der Waals surface area contributed by atoms with E-state index in [-0.39, 0.29) is 11.6 Å². The molecular formula is C19H18N2O5. The lowest BCUT2D eigenvalue weighted by molar-refractivity contribution is -0.385. The third-order valence-corrected chi connectivity index (χ3v) is 4.32. The Morgan fingerprint density at radius 2 is 1.96 bits per heavy atom. The monoisotopic (exact) mass is 354 g/mol. The van der Waals surface area contributed by atoms with E-state index < -0.39 is 17.0 Å². The second-order valence-electron chi connectivity index (χ2n) is 6.10. The van der Waals surface area contributed by atoms with Crippen molar-refractivity contribution in [2.24, 2.45) is 0 Å². The highest BCUT2D eigenvalue weighted by atomic mass is 16.6. The molecule has 134 valence electrons. The number of hydrogen-bond acceptors (Lipinski definition) is 5. The van der Waals surface area contributed by atoms with Gasteiger partial charge in [-0.15, -0.1) is 0 Å². The predicted molar refractivity (Wildman–Crippen MR) is 95.0 cm³/mol. The SMILES string of the molecule is CC(OC(=O)c1ccc(N2CCCC2=O)cc1)c1cccc([N+](=O)[O-])c1. The first-order valence-corrected chi connectivity index (χ1v) is 8.31. The fourth-order valence-corrected chi connectivity index (χ4v) is 2.89. The van der Waals surface area contributed by atoms with Crippen LogP contribution in [0.1, 0.15) is 41.8 Å². The normalized spacial score (nSPS) is 15.0. The van der Waals surface area contributed by atoms with Crippen LogP contribution >= 0.6 is 0 Å². The highest BCUT2D eigenvalue weighted by molar-refractivity contribution is 5.96. The molecule has 26 heavy (non-hydrogen) atoms. The van der Waals surface area contributed by atoms with Gasteiger partial charge in [-0.3, -0.25) is 14.9 Å². The van der Waals surface area contributed by atoms with Gasteiger partial charge in [0.1, 0.15) is 6.10 Å². The molecule has 2 aromatic carbocycles. The molecule has 2 aromatic rings. The summed E-state index contributed by atoms with van der Waals surface area (Å²) in [6.45, 7) is 2.35. The summed E-state index contributed by atoms with van der Waals surface area (Å²) >= 11 is 0. The number of esters is 1. The first-order valence-electron chi connectivity index (χ1n) is 8.31.